The number of hydrogen-bond donors (Lipinski definition) is 1. The van der Waals surface area contributed by atoms with Gasteiger partial charge in [0.25, 0.3) is 0 Å². The van der Waals surface area contributed by atoms with Crippen molar-refractivity contribution in [1.82, 2.24) is 14.7 Å². The van der Waals surface area contributed by atoms with E-state index < -0.39 is 0 Å². The SMILES string of the molecule is Cc1nn(C)c(C)c1CCC(=O)N1CCC(CCO)C1. The molecule has 0 spiro atoms. The number of aliphatic hydroxyl groups excluding tert-OH is 1. The molecular formula is C15H25N3O2. The lowest BCUT2D eigenvalue weighted by Crippen LogP contribution is -2.29. The van der Waals surface area contributed by atoms with Crippen molar-refractivity contribution in [3.8, 4) is 0 Å². The highest BCUT2D eigenvalue weighted by molar-refractivity contribution is 5.76. The lowest BCUT2D eigenvalue weighted by Gasteiger charge is -2.16. The molecule has 112 valence electrons. The second-order valence-corrected chi connectivity index (χ2v) is 5.78. The number of nitrogens with zero attached hydrogens (tertiary/aromatic N) is 3. The monoisotopic (exact) mass is 279 g/mol. The number of amides is 1. The van der Waals surface area contributed by atoms with Gasteiger partial charge in [-0.3, -0.25) is 9.48 Å². The van der Waals surface area contributed by atoms with Crippen molar-refractivity contribution in [3.63, 3.8) is 0 Å². The fourth-order valence-corrected chi connectivity index (χ4v) is 3.05. The summed E-state index contributed by atoms with van der Waals surface area (Å²) in [6.07, 6.45) is 3.16. The van der Waals surface area contributed by atoms with Crippen LogP contribution in [-0.4, -0.2) is 45.4 Å². The highest BCUT2D eigenvalue weighted by Crippen LogP contribution is 2.21. The number of aliphatic hydroxyl groups is 1. The van der Waals surface area contributed by atoms with Crippen LogP contribution in [0.15, 0.2) is 0 Å². The molecule has 0 bridgehead atoms. The van der Waals surface area contributed by atoms with Gasteiger partial charge in [-0.25, -0.2) is 0 Å². The first-order valence-corrected chi connectivity index (χ1v) is 7.40. The molecule has 1 fully saturated rings. The van der Waals surface area contributed by atoms with Gasteiger partial charge in [-0.2, -0.15) is 5.10 Å². The fourth-order valence-electron chi connectivity index (χ4n) is 3.05. The van der Waals surface area contributed by atoms with Gasteiger partial charge in [-0.1, -0.05) is 0 Å². The first-order chi connectivity index (χ1) is 9.52. The van der Waals surface area contributed by atoms with Crippen LogP contribution >= 0.6 is 0 Å². The topological polar surface area (TPSA) is 58.4 Å². The summed E-state index contributed by atoms with van der Waals surface area (Å²) >= 11 is 0. The Morgan fingerprint density at radius 1 is 1.45 bits per heavy atom. The molecule has 1 unspecified atom stereocenters. The Morgan fingerprint density at radius 3 is 2.80 bits per heavy atom. The average molecular weight is 279 g/mol. The minimum atomic E-state index is 0.223. The van der Waals surface area contributed by atoms with E-state index in [0.717, 1.165) is 43.7 Å². The quantitative estimate of drug-likeness (QED) is 0.881. The maximum Gasteiger partial charge on any atom is 0.222 e. The molecule has 1 amide bonds. The van der Waals surface area contributed by atoms with Crippen molar-refractivity contribution in [2.45, 2.75) is 39.5 Å². The second kappa shape index (κ2) is 6.39. The molecule has 2 heterocycles. The van der Waals surface area contributed by atoms with E-state index in [0.29, 0.717) is 12.3 Å². The summed E-state index contributed by atoms with van der Waals surface area (Å²) in [5.41, 5.74) is 3.37. The van der Waals surface area contributed by atoms with E-state index in [1.807, 2.05) is 30.5 Å². The predicted octanol–water partition coefficient (Wildman–Crippen LogP) is 1.20. The predicted molar refractivity (Wildman–Crippen MR) is 77.4 cm³/mol. The molecule has 1 saturated heterocycles. The number of aromatic nitrogens is 2. The molecule has 1 atom stereocenters. The summed E-state index contributed by atoms with van der Waals surface area (Å²) in [5, 5.41) is 13.3. The van der Waals surface area contributed by atoms with Gasteiger partial charge in [-0.05, 0) is 44.6 Å². The minimum Gasteiger partial charge on any atom is -0.396 e. The van der Waals surface area contributed by atoms with Crippen LogP contribution in [0.3, 0.4) is 0 Å². The summed E-state index contributed by atoms with van der Waals surface area (Å²) < 4.78 is 1.88. The molecule has 1 N–H and O–H groups in total. The normalized spacial score (nSPS) is 18.8. The summed E-state index contributed by atoms with van der Waals surface area (Å²) in [4.78, 5) is 14.2. The standard InChI is InChI=1S/C15H25N3O2/c1-11-14(12(2)17(3)16-11)4-5-15(20)18-8-6-13(10-18)7-9-19/h13,19H,4-10H2,1-3H3. The maximum atomic E-state index is 12.2. The third-order valence-electron chi connectivity index (χ3n) is 4.42. The molecule has 2 rings (SSSR count). The Labute approximate surface area is 120 Å². The molecule has 0 aromatic carbocycles. The van der Waals surface area contributed by atoms with Crippen molar-refractivity contribution in [1.29, 1.82) is 0 Å². The van der Waals surface area contributed by atoms with Crippen LogP contribution in [0, 0.1) is 19.8 Å². The summed E-state index contributed by atoms with van der Waals surface area (Å²) in [6.45, 7) is 5.92. The average Bonchev–Trinajstić information content (AvgIpc) is 2.95. The number of carbonyl (C=O) groups excluding carboxylic acids is 1. The molecule has 1 aliphatic heterocycles. The number of aryl methyl sites for hydroxylation is 2. The molecule has 1 aromatic rings. The van der Waals surface area contributed by atoms with E-state index in [1.54, 1.807) is 0 Å². The maximum absolute atomic E-state index is 12.2. The van der Waals surface area contributed by atoms with Gasteiger partial charge in [-0.15, -0.1) is 0 Å². The van der Waals surface area contributed by atoms with Gasteiger partial charge in [0, 0.05) is 38.9 Å². The lowest BCUT2D eigenvalue weighted by atomic mass is 10.1. The van der Waals surface area contributed by atoms with Crippen molar-refractivity contribution in [2.24, 2.45) is 13.0 Å². The van der Waals surface area contributed by atoms with E-state index in [4.69, 9.17) is 5.11 Å². The van der Waals surface area contributed by atoms with E-state index in [2.05, 4.69) is 5.10 Å². The Morgan fingerprint density at radius 2 is 2.20 bits per heavy atom. The van der Waals surface area contributed by atoms with Gasteiger partial charge >= 0.3 is 0 Å². The zero-order valence-corrected chi connectivity index (χ0v) is 12.7. The second-order valence-electron chi connectivity index (χ2n) is 5.78. The first kappa shape index (κ1) is 15.0. The summed E-state index contributed by atoms with van der Waals surface area (Å²) in [7, 11) is 1.94. The molecule has 5 heteroatoms. The van der Waals surface area contributed by atoms with Crippen LogP contribution in [0.1, 0.15) is 36.2 Å². The number of likely N-dealkylation sites (tertiary alicyclic amines) is 1. The van der Waals surface area contributed by atoms with Gasteiger partial charge < -0.3 is 10.0 Å². The third kappa shape index (κ3) is 3.20. The molecule has 0 aliphatic carbocycles. The van der Waals surface area contributed by atoms with Gasteiger partial charge in [0.05, 0.1) is 5.69 Å². The largest absolute Gasteiger partial charge is 0.396 e. The smallest absolute Gasteiger partial charge is 0.222 e. The Hall–Kier alpha value is -1.36. The lowest BCUT2D eigenvalue weighted by molar-refractivity contribution is -0.130. The molecule has 5 nitrogen and oxygen atoms in total. The Kier molecular flexibility index (Phi) is 4.81. The zero-order chi connectivity index (χ0) is 14.7. The van der Waals surface area contributed by atoms with Crippen molar-refractivity contribution in [3.05, 3.63) is 17.0 Å². The number of rotatable bonds is 5. The van der Waals surface area contributed by atoms with Crippen molar-refractivity contribution in [2.75, 3.05) is 19.7 Å². The van der Waals surface area contributed by atoms with Crippen LogP contribution in [0.25, 0.3) is 0 Å². The van der Waals surface area contributed by atoms with E-state index >= 15 is 0 Å². The van der Waals surface area contributed by atoms with Gasteiger partial charge in [0.15, 0.2) is 0 Å². The molecule has 0 radical (unpaired) electrons. The molecule has 20 heavy (non-hydrogen) atoms. The van der Waals surface area contributed by atoms with E-state index in [1.165, 1.54) is 5.56 Å². The summed E-state index contributed by atoms with van der Waals surface area (Å²) in [6, 6.07) is 0. The summed E-state index contributed by atoms with van der Waals surface area (Å²) in [5.74, 6) is 0.707. The molecule has 0 saturated carbocycles. The van der Waals surface area contributed by atoms with Crippen LogP contribution in [0.2, 0.25) is 0 Å². The highest BCUT2D eigenvalue weighted by Gasteiger charge is 2.25. The van der Waals surface area contributed by atoms with Crippen molar-refractivity contribution < 1.29 is 9.90 Å². The van der Waals surface area contributed by atoms with Crippen molar-refractivity contribution >= 4 is 5.91 Å². The third-order valence-corrected chi connectivity index (χ3v) is 4.42. The number of carbonyl (C=O) groups is 1. The molecular weight excluding hydrogens is 254 g/mol. The Balaban J connectivity index is 1.87. The van der Waals surface area contributed by atoms with Crippen LogP contribution in [0.4, 0.5) is 0 Å². The van der Waals surface area contributed by atoms with Gasteiger partial charge in [0.1, 0.15) is 0 Å². The minimum absolute atomic E-state index is 0.223. The number of hydrogen-bond acceptors (Lipinski definition) is 3. The highest BCUT2D eigenvalue weighted by atomic mass is 16.3. The van der Waals surface area contributed by atoms with E-state index in [-0.39, 0.29) is 12.5 Å². The first-order valence-electron chi connectivity index (χ1n) is 7.40. The van der Waals surface area contributed by atoms with Crippen LogP contribution in [0.5, 0.6) is 0 Å². The molecule has 1 aromatic heterocycles. The zero-order valence-electron chi connectivity index (χ0n) is 12.7. The van der Waals surface area contributed by atoms with E-state index in [9.17, 15) is 4.79 Å². The van der Waals surface area contributed by atoms with Crippen LogP contribution < -0.4 is 0 Å². The van der Waals surface area contributed by atoms with Gasteiger partial charge in [0.2, 0.25) is 5.91 Å². The molecule has 1 aliphatic rings. The Bertz CT molecular complexity index is 482. The fraction of sp³-hybridized carbons (Fsp3) is 0.733. The van der Waals surface area contributed by atoms with Crippen LogP contribution in [-0.2, 0) is 18.3 Å².